The van der Waals surface area contributed by atoms with Crippen molar-refractivity contribution in [2.75, 3.05) is 0 Å². The van der Waals surface area contributed by atoms with Gasteiger partial charge in [0.25, 0.3) is 11.6 Å². The summed E-state index contributed by atoms with van der Waals surface area (Å²) < 4.78 is 0. The lowest BCUT2D eigenvalue weighted by Crippen LogP contribution is -2.44. The maximum Gasteiger partial charge on any atom is 0.270 e. The maximum absolute atomic E-state index is 13.4. The van der Waals surface area contributed by atoms with Crippen LogP contribution in [0.15, 0.2) is 24.3 Å². The van der Waals surface area contributed by atoms with Gasteiger partial charge in [-0.1, -0.05) is 38.9 Å². The molecule has 0 atom stereocenters. The van der Waals surface area contributed by atoms with E-state index < -0.39 is 8.07 Å². The molecule has 0 bridgehead atoms. The topological polar surface area (TPSA) is 63.5 Å². The van der Waals surface area contributed by atoms with Crippen LogP contribution in [-0.2, 0) is 6.54 Å². The van der Waals surface area contributed by atoms with Gasteiger partial charge in [-0.25, -0.2) is 0 Å². The second-order valence-electron chi connectivity index (χ2n) is 8.92. The average Bonchev–Trinajstić information content (AvgIpc) is 2.95. The van der Waals surface area contributed by atoms with Crippen molar-refractivity contribution in [1.82, 2.24) is 4.90 Å². The van der Waals surface area contributed by atoms with Crippen LogP contribution in [0, 0.1) is 10.1 Å². The van der Waals surface area contributed by atoms with E-state index >= 15 is 0 Å². The van der Waals surface area contributed by atoms with E-state index in [0.29, 0.717) is 12.6 Å². The number of nitro groups is 1. The van der Waals surface area contributed by atoms with E-state index in [1.165, 1.54) is 19.3 Å². The molecule has 1 aliphatic heterocycles. The number of non-ortho nitro benzene ring substituents is 1. The number of benzene rings is 2. The van der Waals surface area contributed by atoms with Gasteiger partial charge in [-0.15, -0.1) is 0 Å². The Labute approximate surface area is 160 Å². The Hall–Kier alpha value is -2.21. The number of nitro benzene ring substituents is 1. The van der Waals surface area contributed by atoms with E-state index in [-0.39, 0.29) is 16.5 Å². The first-order valence-electron chi connectivity index (χ1n) is 9.83. The molecule has 2 aromatic rings. The van der Waals surface area contributed by atoms with E-state index in [1.807, 2.05) is 6.07 Å². The Kier molecular flexibility index (Phi) is 4.33. The van der Waals surface area contributed by atoms with Crippen molar-refractivity contribution in [2.45, 2.75) is 64.3 Å². The minimum Gasteiger partial charge on any atom is -0.331 e. The van der Waals surface area contributed by atoms with Crippen LogP contribution in [0.3, 0.4) is 0 Å². The first-order chi connectivity index (χ1) is 12.8. The van der Waals surface area contributed by atoms with Gasteiger partial charge in [0, 0.05) is 30.3 Å². The fourth-order valence-corrected chi connectivity index (χ4v) is 6.83. The molecule has 0 aromatic heterocycles. The molecule has 1 aliphatic carbocycles. The van der Waals surface area contributed by atoms with E-state index in [9.17, 15) is 14.9 Å². The van der Waals surface area contributed by atoms with Crippen molar-refractivity contribution in [2.24, 2.45) is 0 Å². The smallest absolute Gasteiger partial charge is 0.270 e. The third-order valence-corrected chi connectivity index (χ3v) is 8.02. The van der Waals surface area contributed by atoms with Crippen molar-refractivity contribution in [3.63, 3.8) is 0 Å². The lowest BCUT2D eigenvalue weighted by Gasteiger charge is -2.31. The molecule has 1 fully saturated rings. The number of carbonyl (C=O) groups is 1. The molecular formula is C21H26N2O3Si. The van der Waals surface area contributed by atoms with Crippen molar-refractivity contribution in [3.8, 4) is 0 Å². The van der Waals surface area contributed by atoms with Crippen molar-refractivity contribution < 1.29 is 9.72 Å². The Morgan fingerprint density at radius 1 is 1.11 bits per heavy atom. The van der Waals surface area contributed by atoms with E-state index in [4.69, 9.17) is 0 Å². The molecule has 1 heterocycles. The highest BCUT2D eigenvalue weighted by Gasteiger charge is 2.38. The summed E-state index contributed by atoms with van der Waals surface area (Å²) in [6.07, 6.45) is 5.83. The van der Waals surface area contributed by atoms with Gasteiger partial charge in [0.1, 0.15) is 0 Å². The molecule has 142 valence electrons. The second-order valence-corrected chi connectivity index (χ2v) is 13.9. The SMILES string of the molecule is C[Si](C)(C)c1c2c(cc3ccc([N+](=O)[O-])cc13)CN(C1CCCCC1)C2=O. The largest absolute Gasteiger partial charge is 0.331 e. The summed E-state index contributed by atoms with van der Waals surface area (Å²) in [5.41, 5.74) is 2.04. The summed E-state index contributed by atoms with van der Waals surface area (Å²) in [6, 6.07) is 7.49. The van der Waals surface area contributed by atoms with Crippen LogP contribution in [0.1, 0.15) is 48.0 Å². The maximum atomic E-state index is 13.4. The predicted octanol–water partition coefficient (Wildman–Crippen LogP) is 4.58. The Morgan fingerprint density at radius 2 is 1.81 bits per heavy atom. The Morgan fingerprint density at radius 3 is 2.44 bits per heavy atom. The second kappa shape index (κ2) is 6.44. The van der Waals surface area contributed by atoms with Crippen LogP contribution in [0.5, 0.6) is 0 Å². The highest BCUT2D eigenvalue weighted by atomic mass is 28.3. The summed E-state index contributed by atoms with van der Waals surface area (Å²) >= 11 is 0. The van der Waals surface area contributed by atoms with Crippen molar-refractivity contribution >= 4 is 35.6 Å². The van der Waals surface area contributed by atoms with E-state index in [0.717, 1.165) is 39.9 Å². The third kappa shape index (κ3) is 3.06. The first-order valence-corrected chi connectivity index (χ1v) is 13.3. The van der Waals surface area contributed by atoms with Crippen molar-refractivity contribution in [1.29, 1.82) is 0 Å². The van der Waals surface area contributed by atoms with Crippen LogP contribution in [0.25, 0.3) is 10.8 Å². The molecule has 4 rings (SSSR count). The number of fused-ring (bicyclic) bond motifs is 2. The van der Waals surface area contributed by atoms with Gasteiger partial charge in [0.15, 0.2) is 0 Å². The molecule has 0 unspecified atom stereocenters. The van der Waals surface area contributed by atoms with E-state index in [2.05, 4.69) is 30.6 Å². The fourth-order valence-electron chi connectivity index (χ4n) is 4.79. The fraction of sp³-hybridized carbons (Fsp3) is 0.476. The highest BCUT2D eigenvalue weighted by Crippen LogP contribution is 2.34. The van der Waals surface area contributed by atoms with Gasteiger partial charge >= 0.3 is 0 Å². The van der Waals surface area contributed by atoms with Crippen LogP contribution < -0.4 is 5.19 Å². The molecule has 0 N–H and O–H groups in total. The van der Waals surface area contributed by atoms with Gasteiger partial charge < -0.3 is 4.90 Å². The molecule has 0 radical (unpaired) electrons. The molecule has 2 aliphatic rings. The minimum absolute atomic E-state index is 0.0940. The normalized spacial score (nSPS) is 18.2. The van der Waals surface area contributed by atoms with Gasteiger partial charge in [-0.05, 0) is 46.5 Å². The molecule has 0 saturated heterocycles. The summed E-state index contributed by atoms with van der Waals surface area (Å²) in [6.45, 7) is 7.34. The van der Waals surface area contributed by atoms with Crippen molar-refractivity contribution in [3.05, 3.63) is 45.5 Å². The highest BCUT2D eigenvalue weighted by molar-refractivity contribution is 6.91. The Bertz CT molecular complexity index is 943. The zero-order valence-corrected chi connectivity index (χ0v) is 17.2. The summed E-state index contributed by atoms with van der Waals surface area (Å²) in [4.78, 5) is 26.5. The van der Waals surface area contributed by atoms with Crippen LogP contribution in [0.4, 0.5) is 5.69 Å². The number of nitrogens with zero attached hydrogens (tertiary/aromatic N) is 2. The number of rotatable bonds is 3. The number of hydrogen-bond acceptors (Lipinski definition) is 3. The predicted molar refractivity (Wildman–Crippen MR) is 110 cm³/mol. The third-order valence-electron chi connectivity index (χ3n) is 6.00. The zero-order chi connectivity index (χ0) is 19.3. The lowest BCUT2D eigenvalue weighted by molar-refractivity contribution is -0.384. The molecular weight excluding hydrogens is 356 g/mol. The minimum atomic E-state index is -1.90. The molecule has 5 nitrogen and oxygen atoms in total. The molecule has 2 aromatic carbocycles. The average molecular weight is 383 g/mol. The number of hydrogen-bond donors (Lipinski definition) is 0. The van der Waals surface area contributed by atoms with Gasteiger partial charge in [-0.2, -0.15) is 0 Å². The molecule has 27 heavy (non-hydrogen) atoms. The number of amides is 1. The molecule has 0 spiro atoms. The summed E-state index contributed by atoms with van der Waals surface area (Å²) in [5.74, 6) is 0.141. The van der Waals surface area contributed by atoms with Crippen LogP contribution >= 0.6 is 0 Å². The Balaban J connectivity index is 1.90. The summed E-state index contributed by atoms with van der Waals surface area (Å²) in [7, 11) is -1.90. The first kappa shape index (κ1) is 18.2. The molecule has 6 heteroatoms. The number of carbonyl (C=O) groups excluding carboxylic acids is 1. The summed E-state index contributed by atoms with van der Waals surface area (Å²) in [5, 5.41) is 14.3. The van der Waals surface area contributed by atoms with Gasteiger partial charge in [0.2, 0.25) is 0 Å². The van der Waals surface area contributed by atoms with Crippen LogP contribution in [-0.4, -0.2) is 29.8 Å². The zero-order valence-electron chi connectivity index (χ0n) is 16.2. The molecule has 1 saturated carbocycles. The van der Waals surface area contributed by atoms with E-state index in [1.54, 1.807) is 12.1 Å². The monoisotopic (exact) mass is 382 g/mol. The standard InChI is InChI=1S/C21H26N2O3Si/c1-27(2,3)20-18-12-17(23(25)26)10-9-14(18)11-15-13-22(21(24)19(15)20)16-7-5-4-6-8-16/h9-12,16H,4-8,13H2,1-3H3. The quantitative estimate of drug-likeness (QED) is 0.443. The van der Waals surface area contributed by atoms with Gasteiger partial charge in [0.05, 0.1) is 13.0 Å². The van der Waals surface area contributed by atoms with Gasteiger partial charge in [-0.3, -0.25) is 14.9 Å². The lowest BCUT2D eigenvalue weighted by atomic mass is 9.94. The molecule has 1 amide bonds. The van der Waals surface area contributed by atoms with Crippen LogP contribution in [0.2, 0.25) is 19.6 Å².